The number of carbonyl (C=O) groups excluding carboxylic acids is 2. The van der Waals surface area contributed by atoms with Gasteiger partial charge in [0.15, 0.2) is 0 Å². The number of benzene rings is 1. The Morgan fingerprint density at radius 1 is 1.07 bits per heavy atom. The molecule has 0 atom stereocenters. The highest BCUT2D eigenvalue weighted by molar-refractivity contribution is 6.30. The van der Waals surface area contributed by atoms with Crippen LogP contribution in [0.2, 0.25) is 5.02 Å². The molecule has 2 heterocycles. The van der Waals surface area contributed by atoms with Crippen LogP contribution in [0.25, 0.3) is 0 Å². The number of amides is 2. The van der Waals surface area contributed by atoms with E-state index in [1.54, 1.807) is 12.1 Å². The van der Waals surface area contributed by atoms with Crippen molar-refractivity contribution in [2.45, 2.75) is 19.0 Å². The molecule has 1 saturated heterocycles. The number of halogens is 4. The predicted molar refractivity (Wildman–Crippen MR) is 107 cm³/mol. The third-order valence-corrected chi connectivity index (χ3v) is 5.02. The minimum absolute atomic E-state index is 0.105. The summed E-state index contributed by atoms with van der Waals surface area (Å²) in [6.07, 6.45) is -1.78. The summed E-state index contributed by atoms with van der Waals surface area (Å²) >= 11 is 5.77. The van der Waals surface area contributed by atoms with Crippen LogP contribution >= 0.6 is 11.6 Å². The number of hydrogen-bond acceptors (Lipinski definition) is 4. The maximum atomic E-state index is 12.6. The molecular weight excluding hydrogens is 421 g/mol. The minimum Gasteiger partial charge on any atom is -0.325 e. The number of likely N-dealkylation sites (tertiary alicyclic amines) is 1. The number of nitrogens with one attached hydrogen (secondary N) is 2. The summed E-state index contributed by atoms with van der Waals surface area (Å²) in [6.45, 7) is 1.23. The van der Waals surface area contributed by atoms with E-state index in [2.05, 4.69) is 15.6 Å². The number of nitrogens with zero attached hydrogens (tertiary/aromatic N) is 2. The second-order valence-electron chi connectivity index (χ2n) is 7.02. The van der Waals surface area contributed by atoms with Gasteiger partial charge in [0.2, 0.25) is 11.8 Å². The fourth-order valence-corrected chi connectivity index (χ4v) is 3.29. The van der Waals surface area contributed by atoms with Crippen molar-refractivity contribution in [1.82, 2.24) is 9.88 Å². The van der Waals surface area contributed by atoms with E-state index in [0.29, 0.717) is 42.5 Å². The lowest BCUT2D eigenvalue weighted by Gasteiger charge is -2.30. The van der Waals surface area contributed by atoms with Crippen molar-refractivity contribution in [3.8, 4) is 0 Å². The summed E-state index contributed by atoms with van der Waals surface area (Å²) in [6, 6.07) is 7.57. The van der Waals surface area contributed by atoms with Gasteiger partial charge in [-0.25, -0.2) is 4.98 Å². The molecule has 0 unspecified atom stereocenters. The summed E-state index contributed by atoms with van der Waals surface area (Å²) in [7, 11) is 0. The molecule has 3 rings (SSSR count). The maximum Gasteiger partial charge on any atom is 0.416 e. The molecule has 1 fully saturated rings. The van der Waals surface area contributed by atoms with Gasteiger partial charge in [-0.15, -0.1) is 0 Å². The Hall–Kier alpha value is -2.65. The smallest absolute Gasteiger partial charge is 0.325 e. The van der Waals surface area contributed by atoms with Gasteiger partial charge in [0.25, 0.3) is 0 Å². The van der Waals surface area contributed by atoms with Crippen LogP contribution in [0.4, 0.5) is 24.7 Å². The van der Waals surface area contributed by atoms with Crippen molar-refractivity contribution < 1.29 is 22.8 Å². The quantitative estimate of drug-likeness (QED) is 0.735. The molecule has 160 valence electrons. The Morgan fingerprint density at radius 3 is 2.30 bits per heavy atom. The zero-order valence-electron chi connectivity index (χ0n) is 15.9. The highest BCUT2D eigenvalue weighted by atomic mass is 35.5. The summed E-state index contributed by atoms with van der Waals surface area (Å²) in [5.41, 5.74) is -0.465. The average molecular weight is 441 g/mol. The first-order valence-electron chi connectivity index (χ1n) is 9.32. The number of aromatic nitrogens is 1. The van der Waals surface area contributed by atoms with E-state index in [4.69, 9.17) is 11.6 Å². The topological polar surface area (TPSA) is 74.3 Å². The monoisotopic (exact) mass is 440 g/mol. The minimum atomic E-state index is -4.41. The van der Waals surface area contributed by atoms with Gasteiger partial charge in [-0.1, -0.05) is 11.6 Å². The molecule has 6 nitrogen and oxygen atoms in total. The Kier molecular flexibility index (Phi) is 6.94. The molecule has 2 aromatic rings. The van der Waals surface area contributed by atoms with Gasteiger partial charge in [0.1, 0.15) is 5.82 Å². The van der Waals surface area contributed by atoms with Gasteiger partial charge in [0, 0.05) is 17.8 Å². The van der Waals surface area contributed by atoms with E-state index >= 15 is 0 Å². The third-order valence-electron chi connectivity index (χ3n) is 4.80. The largest absolute Gasteiger partial charge is 0.416 e. The number of alkyl halides is 3. The predicted octanol–water partition coefficient (Wildman–Crippen LogP) is 4.04. The second kappa shape index (κ2) is 9.44. The fraction of sp³-hybridized carbons (Fsp3) is 0.350. The average Bonchev–Trinajstić information content (AvgIpc) is 2.70. The van der Waals surface area contributed by atoms with Crippen molar-refractivity contribution >= 4 is 34.9 Å². The van der Waals surface area contributed by atoms with Crippen LogP contribution in [0.1, 0.15) is 18.4 Å². The molecule has 0 radical (unpaired) electrons. The van der Waals surface area contributed by atoms with E-state index in [-0.39, 0.29) is 24.3 Å². The molecule has 1 aliphatic heterocycles. The van der Waals surface area contributed by atoms with Crippen LogP contribution in [0.15, 0.2) is 42.6 Å². The number of pyridine rings is 1. The first-order valence-corrected chi connectivity index (χ1v) is 9.70. The van der Waals surface area contributed by atoms with E-state index in [9.17, 15) is 22.8 Å². The Balaban J connectivity index is 1.43. The van der Waals surface area contributed by atoms with Crippen molar-refractivity contribution in [3.63, 3.8) is 0 Å². The van der Waals surface area contributed by atoms with Crippen LogP contribution in [-0.2, 0) is 15.8 Å². The zero-order chi connectivity index (χ0) is 21.7. The molecule has 1 aromatic heterocycles. The van der Waals surface area contributed by atoms with Gasteiger partial charge >= 0.3 is 6.18 Å². The van der Waals surface area contributed by atoms with Crippen LogP contribution in [0.5, 0.6) is 0 Å². The molecule has 2 N–H and O–H groups in total. The zero-order valence-corrected chi connectivity index (χ0v) is 16.6. The first-order chi connectivity index (χ1) is 14.2. The molecule has 0 aliphatic carbocycles. The highest BCUT2D eigenvalue weighted by Gasteiger charge is 2.30. The summed E-state index contributed by atoms with van der Waals surface area (Å²) in [5, 5.41) is 5.83. The molecule has 0 spiro atoms. The Bertz CT molecular complexity index is 880. The number of carbonyl (C=O) groups is 2. The number of rotatable bonds is 5. The van der Waals surface area contributed by atoms with Crippen molar-refractivity contribution in [1.29, 1.82) is 0 Å². The molecule has 0 saturated carbocycles. The van der Waals surface area contributed by atoms with Crippen LogP contribution in [-0.4, -0.2) is 41.3 Å². The maximum absolute atomic E-state index is 12.6. The molecule has 2 amide bonds. The molecule has 1 aliphatic rings. The normalized spacial score (nSPS) is 15.6. The van der Waals surface area contributed by atoms with Crippen LogP contribution < -0.4 is 10.6 Å². The molecular formula is C20H20ClF3N4O2. The lowest BCUT2D eigenvalue weighted by molar-refractivity contribution is -0.137. The van der Waals surface area contributed by atoms with Crippen molar-refractivity contribution in [2.24, 2.45) is 5.92 Å². The van der Waals surface area contributed by atoms with Crippen LogP contribution in [0, 0.1) is 5.92 Å². The van der Waals surface area contributed by atoms with E-state index < -0.39 is 11.7 Å². The number of hydrogen-bond donors (Lipinski definition) is 2. The van der Waals surface area contributed by atoms with Crippen molar-refractivity contribution in [3.05, 3.63) is 53.2 Å². The van der Waals surface area contributed by atoms with Crippen LogP contribution in [0.3, 0.4) is 0 Å². The van der Waals surface area contributed by atoms with E-state index in [0.717, 1.165) is 12.1 Å². The first kappa shape index (κ1) is 22.0. The number of anilines is 2. The van der Waals surface area contributed by atoms with Gasteiger partial charge in [-0.05, 0) is 62.3 Å². The van der Waals surface area contributed by atoms with Gasteiger partial charge < -0.3 is 10.6 Å². The number of piperidine rings is 1. The highest BCUT2D eigenvalue weighted by Crippen LogP contribution is 2.29. The van der Waals surface area contributed by atoms with E-state index in [1.807, 2.05) is 4.90 Å². The summed E-state index contributed by atoms with van der Waals surface area (Å²) in [4.78, 5) is 30.5. The van der Waals surface area contributed by atoms with Gasteiger partial charge in [0.05, 0.1) is 17.1 Å². The fourth-order valence-electron chi connectivity index (χ4n) is 3.18. The summed E-state index contributed by atoms with van der Waals surface area (Å²) in [5.74, 6) is -0.193. The molecule has 10 heteroatoms. The second-order valence-corrected chi connectivity index (χ2v) is 7.46. The van der Waals surface area contributed by atoms with Gasteiger partial charge in [-0.3, -0.25) is 14.5 Å². The molecule has 30 heavy (non-hydrogen) atoms. The summed E-state index contributed by atoms with van der Waals surface area (Å²) < 4.78 is 37.8. The third kappa shape index (κ3) is 6.17. The molecule has 0 bridgehead atoms. The Morgan fingerprint density at radius 2 is 1.73 bits per heavy atom. The SMILES string of the molecule is O=C(CN1CCC(C(=O)Nc2ccc(Cl)cn2)CC1)Nc1ccc(C(F)(F)F)cc1. The van der Waals surface area contributed by atoms with Crippen molar-refractivity contribution in [2.75, 3.05) is 30.3 Å². The standard InChI is InChI=1S/C20H20ClF3N4O2/c21-15-3-6-17(25-11-15)27-19(30)13-7-9-28(10-8-13)12-18(29)26-16-4-1-14(2-5-16)20(22,23)24/h1-6,11,13H,7-10,12H2,(H,26,29)(H,25,27,30). The van der Waals surface area contributed by atoms with E-state index in [1.165, 1.54) is 18.3 Å². The lowest BCUT2D eigenvalue weighted by atomic mass is 9.96. The molecule has 1 aromatic carbocycles. The Labute approximate surface area is 176 Å². The lowest BCUT2D eigenvalue weighted by Crippen LogP contribution is -2.41. The van der Waals surface area contributed by atoms with Gasteiger partial charge in [-0.2, -0.15) is 13.2 Å².